The van der Waals surface area contributed by atoms with Gasteiger partial charge in [-0.2, -0.15) is 4.31 Å². The van der Waals surface area contributed by atoms with E-state index in [1.165, 1.54) is 0 Å². The average molecular weight is 353 g/mol. The van der Waals surface area contributed by atoms with E-state index in [0.717, 1.165) is 22.3 Å². The smallest absolute Gasteiger partial charge is 0.207 e. The number of hydrogen-bond donors (Lipinski definition) is 0. The summed E-state index contributed by atoms with van der Waals surface area (Å²) in [6.07, 6.45) is 2.54. The van der Waals surface area contributed by atoms with Crippen molar-refractivity contribution in [2.45, 2.75) is 31.2 Å². The number of nitrogens with zero attached hydrogens (tertiary/aromatic N) is 1. The SMILES string of the molecule is C=CCC1=C(C)C(c2ccccc2)N(S(=O)(=O)c2ccc(C)cc2)C1. The molecule has 0 saturated heterocycles. The molecule has 0 N–H and O–H groups in total. The summed E-state index contributed by atoms with van der Waals surface area (Å²) in [5, 5.41) is 0. The lowest BCUT2D eigenvalue weighted by Crippen LogP contribution is -2.32. The van der Waals surface area contributed by atoms with Gasteiger partial charge in [-0.15, -0.1) is 6.58 Å². The zero-order chi connectivity index (χ0) is 18.0. The lowest BCUT2D eigenvalue weighted by atomic mass is 9.99. The highest BCUT2D eigenvalue weighted by atomic mass is 32.2. The van der Waals surface area contributed by atoms with Gasteiger partial charge in [0.1, 0.15) is 0 Å². The molecule has 0 spiro atoms. The maximum absolute atomic E-state index is 13.3. The Bertz CT molecular complexity index is 897. The van der Waals surface area contributed by atoms with Crippen molar-refractivity contribution in [3.8, 4) is 0 Å². The van der Waals surface area contributed by atoms with Crippen LogP contribution >= 0.6 is 0 Å². The van der Waals surface area contributed by atoms with E-state index in [9.17, 15) is 8.42 Å². The summed E-state index contributed by atoms with van der Waals surface area (Å²) in [7, 11) is -3.58. The van der Waals surface area contributed by atoms with Crippen LogP contribution in [-0.4, -0.2) is 19.3 Å². The summed E-state index contributed by atoms with van der Waals surface area (Å²) in [4.78, 5) is 0.340. The van der Waals surface area contributed by atoms with Gasteiger partial charge in [-0.3, -0.25) is 0 Å². The van der Waals surface area contributed by atoms with Gasteiger partial charge in [-0.05, 0) is 43.5 Å². The summed E-state index contributed by atoms with van der Waals surface area (Å²) in [6, 6.07) is 16.6. The van der Waals surface area contributed by atoms with Crippen molar-refractivity contribution in [1.29, 1.82) is 0 Å². The van der Waals surface area contributed by atoms with Gasteiger partial charge in [0, 0.05) is 6.54 Å². The molecule has 0 amide bonds. The summed E-state index contributed by atoms with van der Waals surface area (Å²) in [6.45, 7) is 8.20. The van der Waals surface area contributed by atoms with Crippen LogP contribution in [0.2, 0.25) is 0 Å². The predicted molar refractivity (Wildman–Crippen MR) is 102 cm³/mol. The van der Waals surface area contributed by atoms with E-state index in [2.05, 4.69) is 6.58 Å². The molecule has 1 atom stereocenters. The summed E-state index contributed by atoms with van der Waals surface area (Å²) in [5.41, 5.74) is 4.26. The molecule has 0 radical (unpaired) electrons. The highest BCUT2D eigenvalue weighted by Gasteiger charge is 2.39. The Labute approximate surface area is 150 Å². The van der Waals surface area contributed by atoms with Crippen molar-refractivity contribution in [2.24, 2.45) is 0 Å². The molecule has 0 bridgehead atoms. The highest BCUT2D eigenvalue weighted by molar-refractivity contribution is 7.89. The quantitative estimate of drug-likeness (QED) is 0.735. The van der Waals surface area contributed by atoms with E-state index in [-0.39, 0.29) is 6.04 Å². The first-order valence-electron chi connectivity index (χ1n) is 8.38. The zero-order valence-corrected chi connectivity index (χ0v) is 15.5. The van der Waals surface area contributed by atoms with Crippen LogP contribution in [0.4, 0.5) is 0 Å². The first kappa shape index (κ1) is 17.6. The maximum atomic E-state index is 13.3. The third-order valence-electron chi connectivity index (χ3n) is 4.74. The Hall–Kier alpha value is -2.17. The molecule has 3 nitrogen and oxygen atoms in total. The van der Waals surface area contributed by atoms with Crippen LogP contribution < -0.4 is 0 Å². The second-order valence-corrected chi connectivity index (χ2v) is 8.35. The van der Waals surface area contributed by atoms with Crippen molar-refractivity contribution in [3.63, 3.8) is 0 Å². The van der Waals surface area contributed by atoms with Gasteiger partial charge < -0.3 is 0 Å². The molecule has 130 valence electrons. The largest absolute Gasteiger partial charge is 0.244 e. The minimum absolute atomic E-state index is 0.262. The number of sulfonamides is 1. The lowest BCUT2D eigenvalue weighted by molar-refractivity contribution is 0.407. The molecule has 3 rings (SSSR count). The van der Waals surface area contributed by atoms with Crippen LogP contribution in [-0.2, 0) is 10.0 Å². The summed E-state index contributed by atoms with van der Waals surface area (Å²) in [5.74, 6) is 0. The fourth-order valence-corrected chi connectivity index (χ4v) is 4.97. The molecule has 0 aliphatic carbocycles. The first-order chi connectivity index (χ1) is 11.9. The topological polar surface area (TPSA) is 37.4 Å². The minimum Gasteiger partial charge on any atom is -0.207 e. The third kappa shape index (κ3) is 3.32. The fraction of sp³-hybridized carbons (Fsp3) is 0.238. The van der Waals surface area contributed by atoms with Crippen molar-refractivity contribution in [1.82, 2.24) is 4.31 Å². The number of aryl methyl sites for hydroxylation is 1. The van der Waals surface area contributed by atoms with Gasteiger partial charge in [-0.1, -0.05) is 59.7 Å². The number of allylic oxidation sites excluding steroid dienone is 1. The average Bonchev–Trinajstić information content (AvgIpc) is 2.94. The van der Waals surface area contributed by atoms with E-state index in [1.54, 1.807) is 16.4 Å². The van der Waals surface area contributed by atoms with Crippen LogP contribution in [0.25, 0.3) is 0 Å². The molecule has 25 heavy (non-hydrogen) atoms. The fourth-order valence-electron chi connectivity index (χ4n) is 3.33. The summed E-state index contributed by atoms with van der Waals surface area (Å²) < 4.78 is 28.2. The molecule has 0 saturated carbocycles. The molecule has 1 heterocycles. The summed E-state index contributed by atoms with van der Waals surface area (Å²) >= 11 is 0. The molecule has 1 aliphatic heterocycles. The van der Waals surface area contributed by atoms with E-state index < -0.39 is 10.0 Å². The second kappa shape index (κ2) is 6.98. The molecule has 1 unspecified atom stereocenters. The predicted octanol–water partition coefficient (Wildman–Crippen LogP) is 4.63. The van der Waals surface area contributed by atoms with E-state index in [0.29, 0.717) is 17.9 Å². The Balaban J connectivity index is 2.07. The number of hydrogen-bond acceptors (Lipinski definition) is 2. The lowest BCUT2D eigenvalue weighted by Gasteiger charge is -2.26. The van der Waals surface area contributed by atoms with E-state index in [1.807, 2.05) is 62.4 Å². The van der Waals surface area contributed by atoms with Gasteiger partial charge >= 0.3 is 0 Å². The number of rotatable bonds is 5. The molecular weight excluding hydrogens is 330 g/mol. The highest BCUT2D eigenvalue weighted by Crippen LogP contribution is 2.41. The molecule has 2 aromatic rings. The maximum Gasteiger partial charge on any atom is 0.244 e. The van der Waals surface area contributed by atoms with Crippen LogP contribution in [0, 0.1) is 6.92 Å². The molecule has 2 aromatic carbocycles. The van der Waals surface area contributed by atoms with Gasteiger partial charge in [0.2, 0.25) is 10.0 Å². The van der Waals surface area contributed by atoms with Crippen molar-refractivity contribution < 1.29 is 8.42 Å². The van der Waals surface area contributed by atoms with Gasteiger partial charge in [-0.25, -0.2) is 8.42 Å². The Kier molecular flexibility index (Phi) is 4.93. The normalized spacial score (nSPS) is 18.6. The Morgan fingerprint density at radius 1 is 1.08 bits per heavy atom. The Morgan fingerprint density at radius 3 is 2.32 bits per heavy atom. The van der Waals surface area contributed by atoms with E-state index >= 15 is 0 Å². The van der Waals surface area contributed by atoms with Gasteiger partial charge in [0.25, 0.3) is 0 Å². The van der Waals surface area contributed by atoms with Gasteiger partial charge in [0.05, 0.1) is 10.9 Å². The standard InChI is InChI=1S/C21H23NO2S/c1-4-8-19-15-22(21(17(19)3)18-9-6-5-7-10-18)25(23,24)20-13-11-16(2)12-14-20/h4-7,9-14,21H,1,8,15H2,2-3H3. The van der Waals surface area contributed by atoms with Crippen LogP contribution in [0.5, 0.6) is 0 Å². The third-order valence-corrected chi connectivity index (χ3v) is 6.56. The van der Waals surface area contributed by atoms with Crippen molar-refractivity contribution in [3.05, 3.63) is 89.5 Å². The van der Waals surface area contributed by atoms with Crippen LogP contribution in [0.3, 0.4) is 0 Å². The van der Waals surface area contributed by atoms with Crippen molar-refractivity contribution in [2.75, 3.05) is 6.54 Å². The van der Waals surface area contributed by atoms with Crippen molar-refractivity contribution >= 4 is 10.0 Å². The minimum atomic E-state index is -3.58. The van der Waals surface area contributed by atoms with Crippen LogP contribution in [0.15, 0.2) is 83.3 Å². The second-order valence-electron chi connectivity index (χ2n) is 6.46. The molecule has 4 heteroatoms. The molecular formula is C21H23NO2S. The molecule has 0 aromatic heterocycles. The monoisotopic (exact) mass is 353 g/mol. The first-order valence-corrected chi connectivity index (χ1v) is 9.82. The Morgan fingerprint density at radius 2 is 1.72 bits per heavy atom. The van der Waals surface area contributed by atoms with Gasteiger partial charge in [0.15, 0.2) is 0 Å². The van der Waals surface area contributed by atoms with Crippen LogP contribution in [0.1, 0.15) is 30.5 Å². The molecule has 1 aliphatic rings. The zero-order valence-electron chi connectivity index (χ0n) is 14.6. The molecule has 0 fully saturated rings. The van der Waals surface area contributed by atoms with E-state index in [4.69, 9.17) is 0 Å². The number of benzene rings is 2.